The van der Waals surface area contributed by atoms with Gasteiger partial charge in [0.25, 0.3) is 5.91 Å². The molecule has 0 aliphatic rings. The quantitative estimate of drug-likeness (QED) is 0.500. The van der Waals surface area contributed by atoms with Crippen LogP contribution in [0.5, 0.6) is 5.75 Å². The molecule has 3 rings (SSSR count). The lowest BCUT2D eigenvalue weighted by atomic mass is 10.2. The van der Waals surface area contributed by atoms with Crippen molar-refractivity contribution in [3.05, 3.63) is 59.9 Å². The first kappa shape index (κ1) is 17.7. The maximum absolute atomic E-state index is 11.9. The number of carbonyl (C=O) groups is 2. The van der Waals surface area contributed by atoms with Gasteiger partial charge in [-0.05, 0) is 37.6 Å². The fourth-order valence-corrected chi connectivity index (χ4v) is 2.85. The lowest BCUT2D eigenvalue weighted by molar-refractivity contribution is -0.123. The third-order valence-electron chi connectivity index (χ3n) is 4.13. The standard InChI is InChI=1S/C20H21N3O3/c1-15-22-17-8-3-4-9-18(17)23(15)12-6-11-21-20(25)14-26-19-10-5-2-7-16(19)13-24/h2-5,7-10,13H,6,11-12,14H2,1H3,(H,21,25). The van der Waals surface area contributed by atoms with Crippen LogP contribution in [0.15, 0.2) is 48.5 Å². The Balaban J connectivity index is 1.45. The number of benzene rings is 2. The largest absolute Gasteiger partial charge is 0.483 e. The van der Waals surface area contributed by atoms with E-state index in [-0.39, 0.29) is 12.5 Å². The molecule has 2 aromatic carbocycles. The summed E-state index contributed by atoms with van der Waals surface area (Å²) in [5.41, 5.74) is 2.52. The summed E-state index contributed by atoms with van der Waals surface area (Å²) in [6.45, 7) is 3.19. The number of amides is 1. The number of aryl methyl sites for hydroxylation is 2. The van der Waals surface area contributed by atoms with Gasteiger partial charge in [0.1, 0.15) is 11.6 Å². The van der Waals surface area contributed by atoms with Gasteiger partial charge >= 0.3 is 0 Å². The van der Waals surface area contributed by atoms with Crippen molar-refractivity contribution in [1.29, 1.82) is 0 Å². The molecule has 0 aliphatic heterocycles. The number of fused-ring (bicyclic) bond motifs is 1. The van der Waals surface area contributed by atoms with E-state index >= 15 is 0 Å². The maximum Gasteiger partial charge on any atom is 0.257 e. The van der Waals surface area contributed by atoms with Gasteiger partial charge in [0.2, 0.25) is 0 Å². The topological polar surface area (TPSA) is 73.2 Å². The van der Waals surface area contributed by atoms with Crippen LogP contribution in [-0.2, 0) is 11.3 Å². The summed E-state index contributed by atoms with van der Waals surface area (Å²) in [7, 11) is 0. The number of para-hydroxylation sites is 3. The van der Waals surface area contributed by atoms with Crippen molar-refractivity contribution < 1.29 is 14.3 Å². The second kappa shape index (κ2) is 8.29. The summed E-state index contributed by atoms with van der Waals surface area (Å²) in [5, 5.41) is 2.83. The molecule has 0 saturated heterocycles. The first-order valence-corrected chi connectivity index (χ1v) is 8.54. The highest BCUT2D eigenvalue weighted by atomic mass is 16.5. The lowest BCUT2D eigenvalue weighted by Gasteiger charge is -2.10. The molecule has 1 heterocycles. The summed E-state index contributed by atoms with van der Waals surface area (Å²) in [4.78, 5) is 27.4. The molecule has 6 heteroatoms. The van der Waals surface area contributed by atoms with Crippen molar-refractivity contribution in [2.75, 3.05) is 13.2 Å². The number of rotatable bonds is 8. The molecule has 134 valence electrons. The lowest BCUT2D eigenvalue weighted by Crippen LogP contribution is -2.30. The minimum absolute atomic E-state index is 0.113. The molecule has 26 heavy (non-hydrogen) atoms. The van der Waals surface area contributed by atoms with E-state index in [2.05, 4.69) is 14.9 Å². The van der Waals surface area contributed by atoms with Crippen molar-refractivity contribution in [3.8, 4) is 5.75 Å². The highest BCUT2D eigenvalue weighted by Crippen LogP contribution is 2.16. The molecular weight excluding hydrogens is 330 g/mol. The highest BCUT2D eigenvalue weighted by Gasteiger charge is 2.08. The van der Waals surface area contributed by atoms with Gasteiger partial charge in [0.05, 0.1) is 16.6 Å². The minimum Gasteiger partial charge on any atom is -0.483 e. The second-order valence-electron chi connectivity index (χ2n) is 5.95. The minimum atomic E-state index is -0.210. The van der Waals surface area contributed by atoms with Crippen molar-refractivity contribution in [2.45, 2.75) is 19.9 Å². The van der Waals surface area contributed by atoms with Crippen LogP contribution in [-0.4, -0.2) is 34.9 Å². The van der Waals surface area contributed by atoms with Gasteiger partial charge in [-0.15, -0.1) is 0 Å². The predicted octanol–water partition coefficient (Wildman–Crippen LogP) is 2.74. The van der Waals surface area contributed by atoms with E-state index < -0.39 is 0 Å². The molecule has 0 fully saturated rings. The van der Waals surface area contributed by atoms with E-state index in [1.807, 2.05) is 31.2 Å². The van der Waals surface area contributed by atoms with Crippen LogP contribution in [0.1, 0.15) is 22.6 Å². The van der Waals surface area contributed by atoms with Gasteiger partial charge in [-0.3, -0.25) is 9.59 Å². The van der Waals surface area contributed by atoms with Crippen molar-refractivity contribution in [1.82, 2.24) is 14.9 Å². The maximum atomic E-state index is 11.9. The monoisotopic (exact) mass is 351 g/mol. The van der Waals surface area contributed by atoms with Gasteiger partial charge in [0.15, 0.2) is 12.9 Å². The first-order chi connectivity index (χ1) is 12.7. The molecule has 0 bridgehead atoms. The van der Waals surface area contributed by atoms with E-state index in [0.717, 1.165) is 29.8 Å². The fraction of sp³-hybridized carbons (Fsp3) is 0.250. The van der Waals surface area contributed by atoms with Crippen LogP contribution >= 0.6 is 0 Å². The number of carbonyl (C=O) groups excluding carboxylic acids is 2. The van der Waals surface area contributed by atoms with Crippen LogP contribution in [0.2, 0.25) is 0 Å². The third kappa shape index (κ3) is 4.08. The molecule has 0 unspecified atom stereocenters. The third-order valence-corrected chi connectivity index (χ3v) is 4.13. The van der Waals surface area contributed by atoms with E-state index in [9.17, 15) is 9.59 Å². The van der Waals surface area contributed by atoms with E-state index in [0.29, 0.717) is 24.1 Å². The Morgan fingerprint density at radius 3 is 2.81 bits per heavy atom. The Kier molecular flexibility index (Phi) is 5.63. The van der Waals surface area contributed by atoms with E-state index in [1.54, 1.807) is 24.3 Å². The zero-order valence-electron chi connectivity index (χ0n) is 14.6. The Morgan fingerprint density at radius 2 is 1.96 bits per heavy atom. The molecule has 1 amide bonds. The summed E-state index contributed by atoms with van der Waals surface area (Å²) in [6, 6.07) is 14.8. The fourth-order valence-electron chi connectivity index (χ4n) is 2.85. The number of aromatic nitrogens is 2. The molecule has 0 saturated carbocycles. The average Bonchev–Trinajstić information content (AvgIpc) is 2.99. The van der Waals surface area contributed by atoms with Crippen molar-refractivity contribution >= 4 is 23.2 Å². The summed E-state index contributed by atoms with van der Waals surface area (Å²) in [5.74, 6) is 1.17. The van der Waals surface area contributed by atoms with Crippen LogP contribution in [0.4, 0.5) is 0 Å². The van der Waals surface area contributed by atoms with Crippen LogP contribution in [0.3, 0.4) is 0 Å². The molecule has 0 radical (unpaired) electrons. The van der Waals surface area contributed by atoms with E-state index in [4.69, 9.17) is 4.74 Å². The Bertz CT molecular complexity index is 918. The average molecular weight is 351 g/mol. The molecule has 3 aromatic rings. The number of hydrogen-bond donors (Lipinski definition) is 1. The number of imidazole rings is 1. The summed E-state index contributed by atoms with van der Waals surface area (Å²) >= 11 is 0. The predicted molar refractivity (Wildman–Crippen MR) is 99.4 cm³/mol. The summed E-state index contributed by atoms with van der Waals surface area (Å²) in [6.07, 6.45) is 1.50. The molecule has 0 aliphatic carbocycles. The van der Waals surface area contributed by atoms with Gasteiger partial charge in [-0.1, -0.05) is 24.3 Å². The van der Waals surface area contributed by atoms with Gasteiger partial charge in [-0.2, -0.15) is 0 Å². The van der Waals surface area contributed by atoms with Crippen LogP contribution in [0, 0.1) is 6.92 Å². The van der Waals surface area contributed by atoms with Gasteiger partial charge < -0.3 is 14.6 Å². The van der Waals surface area contributed by atoms with Crippen LogP contribution < -0.4 is 10.1 Å². The first-order valence-electron chi connectivity index (χ1n) is 8.54. The van der Waals surface area contributed by atoms with Gasteiger partial charge in [0, 0.05) is 13.1 Å². The Labute approximate surface area is 151 Å². The molecule has 1 aromatic heterocycles. The highest BCUT2D eigenvalue weighted by molar-refractivity contribution is 5.80. The van der Waals surface area contributed by atoms with Crippen LogP contribution in [0.25, 0.3) is 11.0 Å². The van der Waals surface area contributed by atoms with Crippen molar-refractivity contribution in [2.24, 2.45) is 0 Å². The molecule has 1 N–H and O–H groups in total. The molecule has 0 spiro atoms. The Morgan fingerprint density at radius 1 is 1.19 bits per heavy atom. The number of nitrogens with one attached hydrogen (secondary N) is 1. The number of hydrogen-bond acceptors (Lipinski definition) is 4. The van der Waals surface area contributed by atoms with Gasteiger partial charge in [-0.25, -0.2) is 4.98 Å². The number of aldehydes is 1. The number of ether oxygens (including phenoxy) is 1. The number of nitrogens with zero attached hydrogens (tertiary/aromatic N) is 2. The van der Waals surface area contributed by atoms with E-state index in [1.165, 1.54) is 0 Å². The zero-order valence-corrected chi connectivity index (χ0v) is 14.6. The molecule has 6 nitrogen and oxygen atoms in total. The second-order valence-corrected chi connectivity index (χ2v) is 5.95. The smallest absolute Gasteiger partial charge is 0.257 e. The zero-order chi connectivity index (χ0) is 18.4. The Hall–Kier alpha value is -3.15. The normalized spacial score (nSPS) is 10.7. The molecular formula is C20H21N3O3. The van der Waals surface area contributed by atoms with Crippen molar-refractivity contribution in [3.63, 3.8) is 0 Å². The SMILES string of the molecule is Cc1nc2ccccc2n1CCCNC(=O)COc1ccccc1C=O. The summed E-state index contributed by atoms with van der Waals surface area (Å²) < 4.78 is 7.56. The molecule has 0 atom stereocenters.